The fraction of sp³-hybridized carbons (Fsp3) is 0.333. The molecule has 0 heterocycles. The molecule has 0 saturated carbocycles. The molecule has 0 aliphatic heterocycles. The molecule has 0 radical (unpaired) electrons. The van der Waals surface area contributed by atoms with E-state index in [-0.39, 0.29) is 24.7 Å². The second-order valence-corrected chi connectivity index (χ2v) is 7.60. The Bertz CT molecular complexity index is 925. The van der Waals surface area contributed by atoms with E-state index in [4.69, 9.17) is 0 Å². The number of carbonyl (C=O) groups is 2. The molecular weight excluding hydrogens is 376 g/mol. The summed E-state index contributed by atoms with van der Waals surface area (Å²) >= 11 is 0. The minimum absolute atomic E-state index is 0.0353. The number of aryl methyl sites for hydroxylation is 4. The van der Waals surface area contributed by atoms with Gasteiger partial charge in [0.25, 0.3) is 0 Å². The highest BCUT2D eigenvalue weighted by atomic mass is 16.2. The van der Waals surface area contributed by atoms with Crippen LogP contribution in [0.5, 0.6) is 0 Å². The Morgan fingerprint density at radius 3 is 1.40 bits per heavy atom. The topological polar surface area (TPSA) is 82.9 Å². The van der Waals surface area contributed by atoms with Gasteiger partial charge in [-0.2, -0.15) is 10.2 Å². The third kappa shape index (κ3) is 6.65. The average molecular weight is 407 g/mol. The molecule has 30 heavy (non-hydrogen) atoms. The van der Waals surface area contributed by atoms with Crippen LogP contribution in [0.4, 0.5) is 0 Å². The number of hydrogen-bond donors (Lipinski definition) is 2. The second-order valence-electron chi connectivity index (χ2n) is 7.60. The maximum absolute atomic E-state index is 12.0. The average Bonchev–Trinajstić information content (AvgIpc) is 2.68. The Kier molecular flexibility index (Phi) is 8.04. The maximum Gasteiger partial charge on any atom is 0.240 e. The molecule has 0 aliphatic rings. The third-order valence-corrected chi connectivity index (χ3v) is 4.82. The van der Waals surface area contributed by atoms with E-state index in [1.807, 2.05) is 65.8 Å². The van der Waals surface area contributed by atoms with Gasteiger partial charge in [-0.1, -0.05) is 47.5 Å². The summed E-state index contributed by atoms with van der Waals surface area (Å²) in [5.74, 6) is -0.631. The molecule has 0 bridgehead atoms. The predicted octanol–water partition coefficient (Wildman–Crippen LogP) is 4.08. The number of nitrogens with zero attached hydrogens (tertiary/aromatic N) is 2. The molecule has 2 aromatic rings. The summed E-state index contributed by atoms with van der Waals surface area (Å²) in [7, 11) is 0. The molecule has 0 saturated heterocycles. The van der Waals surface area contributed by atoms with Gasteiger partial charge in [0, 0.05) is 24.0 Å². The van der Waals surface area contributed by atoms with Crippen LogP contribution in [0.3, 0.4) is 0 Å². The van der Waals surface area contributed by atoms with Crippen molar-refractivity contribution in [1.82, 2.24) is 10.9 Å². The number of hydrazone groups is 2. The van der Waals surface area contributed by atoms with Crippen LogP contribution in [0, 0.1) is 27.7 Å². The Hall–Kier alpha value is -3.28. The predicted molar refractivity (Wildman–Crippen MR) is 122 cm³/mol. The zero-order valence-corrected chi connectivity index (χ0v) is 18.6. The van der Waals surface area contributed by atoms with Crippen LogP contribution in [-0.4, -0.2) is 23.2 Å². The minimum Gasteiger partial charge on any atom is -0.273 e. The molecular formula is C24H30N4O2. The molecule has 0 spiro atoms. The smallest absolute Gasteiger partial charge is 0.240 e. The highest BCUT2D eigenvalue weighted by Gasteiger charge is 2.08. The zero-order valence-electron chi connectivity index (χ0n) is 18.6. The van der Waals surface area contributed by atoms with E-state index in [1.165, 1.54) is 11.1 Å². The molecule has 0 atom stereocenters. The van der Waals surface area contributed by atoms with Crippen molar-refractivity contribution < 1.29 is 9.59 Å². The fourth-order valence-electron chi connectivity index (χ4n) is 3.19. The summed E-state index contributed by atoms with van der Waals surface area (Å²) in [5, 5.41) is 8.30. The standard InChI is InChI=1S/C24H30N4O2/c1-15-7-9-21(17(3)13-15)19(5)25-27-23(29)11-12-24(30)28-26-20(6)22-10-8-16(2)14-18(22)4/h7-10,13-14H,11-12H2,1-6H3,(H,27,29)(H,28,30)/b25-19+,26-20+. The third-order valence-electron chi connectivity index (χ3n) is 4.82. The van der Waals surface area contributed by atoms with Crippen molar-refractivity contribution in [2.45, 2.75) is 54.4 Å². The lowest BCUT2D eigenvalue weighted by atomic mass is 10.0. The molecule has 0 unspecified atom stereocenters. The number of nitrogens with one attached hydrogen (secondary N) is 2. The van der Waals surface area contributed by atoms with E-state index < -0.39 is 0 Å². The first kappa shape index (κ1) is 23.0. The molecule has 158 valence electrons. The summed E-state index contributed by atoms with van der Waals surface area (Å²) in [6, 6.07) is 12.1. The summed E-state index contributed by atoms with van der Waals surface area (Å²) < 4.78 is 0. The largest absolute Gasteiger partial charge is 0.273 e. The van der Waals surface area contributed by atoms with Gasteiger partial charge in [0.15, 0.2) is 0 Å². The lowest BCUT2D eigenvalue weighted by Crippen LogP contribution is -2.24. The van der Waals surface area contributed by atoms with Gasteiger partial charge in [-0.05, 0) is 52.7 Å². The molecule has 2 aromatic carbocycles. The lowest BCUT2D eigenvalue weighted by molar-refractivity contribution is -0.126. The van der Waals surface area contributed by atoms with Crippen LogP contribution in [0.15, 0.2) is 46.6 Å². The number of carbonyl (C=O) groups excluding carboxylic acids is 2. The normalized spacial score (nSPS) is 11.9. The summed E-state index contributed by atoms with van der Waals surface area (Å²) in [4.78, 5) is 24.0. The fourth-order valence-corrected chi connectivity index (χ4v) is 3.19. The quantitative estimate of drug-likeness (QED) is 0.536. The second kappa shape index (κ2) is 10.5. The highest BCUT2D eigenvalue weighted by Crippen LogP contribution is 2.12. The maximum atomic E-state index is 12.0. The van der Waals surface area contributed by atoms with E-state index in [1.54, 1.807) is 0 Å². The van der Waals surface area contributed by atoms with E-state index in [0.29, 0.717) is 0 Å². The highest BCUT2D eigenvalue weighted by molar-refractivity contribution is 6.01. The van der Waals surface area contributed by atoms with Crippen molar-refractivity contribution >= 4 is 23.2 Å². The summed E-state index contributed by atoms with van der Waals surface area (Å²) in [6.07, 6.45) is 0.0707. The molecule has 0 aliphatic carbocycles. The van der Waals surface area contributed by atoms with Crippen LogP contribution in [0.2, 0.25) is 0 Å². The van der Waals surface area contributed by atoms with Crippen LogP contribution in [-0.2, 0) is 9.59 Å². The van der Waals surface area contributed by atoms with Gasteiger partial charge in [0.05, 0.1) is 11.4 Å². The Labute approximate surface area is 178 Å². The SMILES string of the molecule is C/C(=N\NC(=O)CCC(=O)N/N=C(\C)c1ccc(C)cc1C)c1ccc(C)cc1C. The van der Waals surface area contributed by atoms with Crippen molar-refractivity contribution in [1.29, 1.82) is 0 Å². The Morgan fingerprint density at radius 1 is 0.700 bits per heavy atom. The number of amides is 2. The number of rotatable bonds is 7. The first-order chi connectivity index (χ1) is 14.2. The monoisotopic (exact) mass is 406 g/mol. The Morgan fingerprint density at radius 2 is 1.07 bits per heavy atom. The minimum atomic E-state index is -0.315. The Balaban J connectivity index is 1.84. The lowest BCUT2D eigenvalue weighted by Gasteiger charge is -2.08. The van der Waals surface area contributed by atoms with Gasteiger partial charge in [0.1, 0.15) is 0 Å². The van der Waals surface area contributed by atoms with Crippen LogP contribution in [0.25, 0.3) is 0 Å². The van der Waals surface area contributed by atoms with Crippen molar-refractivity contribution in [3.8, 4) is 0 Å². The van der Waals surface area contributed by atoms with Crippen molar-refractivity contribution in [3.63, 3.8) is 0 Å². The zero-order chi connectivity index (χ0) is 22.3. The van der Waals surface area contributed by atoms with E-state index >= 15 is 0 Å². The molecule has 2 N–H and O–H groups in total. The molecule has 0 fully saturated rings. The van der Waals surface area contributed by atoms with Gasteiger partial charge in [-0.3, -0.25) is 9.59 Å². The van der Waals surface area contributed by atoms with E-state index in [9.17, 15) is 9.59 Å². The van der Waals surface area contributed by atoms with Crippen LogP contribution in [0.1, 0.15) is 60.1 Å². The molecule has 0 aromatic heterocycles. The van der Waals surface area contributed by atoms with Gasteiger partial charge in [-0.15, -0.1) is 0 Å². The van der Waals surface area contributed by atoms with Crippen LogP contribution < -0.4 is 10.9 Å². The molecule has 6 nitrogen and oxygen atoms in total. The van der Waals surface area contributed by atoms with E-state index in [2.05, 4.69) is 33.2 Å². The van der Waals surface area contributed by atoms with Crippen molar-refractivity contribution in [3.05, 3.63) is 69.8 Å². The number of hydrogen-bond acceptors (Lipinski definition) is 4. The van der Waals surface area contributed by atoms with Gasteiger partial charge >= 0.3 is 0 Å². The van der Waals surface area contributed by atoms with Crippen molar-refractivity contribution in [2.75, 3.05) is 0 Å². The van der Waals surface area contributed by atoms with Gasteiger partial charge in [0.2, 0.25) is 11.8 Å². The first-order valence-electron chi connectivity index (χ1n) is 9.99. The summed E-state index contributed by atoms with van der Waals surface area (Å²) in [5.41, 5.74) is 13.0. The first-order valence-corrected chi connectivity index (χ1v) is 9.99. The molecule has 2 rings (SSSR count). The van der Waals surface area contributed by atoms with E-state index in [0.717, 1.165) is 33.7 Å². The summed E-state index contributed by atoms with van der Waals surface area (Å²) in [6.45, 7) is 11.8. The number of benzene rings is 2. The molecule has 6 heteroatoms. The van der Waals surface area contributed by atoms with Crippen LogP contribution >= 0.6 is 0 Å². The van der Waals surface area contributed by atoms with Crippen molar-refractivity contribution in [2.24, 2.45) is 10.2 Å². The van der Waals surface area contributed by atoms with Gasteiger partial charge in [-0.25, -0.2) is 10.9 Å². The van der Waals surface area contributed by atoms with Gasteiger partial charge < -0.3 is 0 Å². The molecule has 2 amide bonds.